The summed E-state index contributed by atoms with van der Waals surface area (Å²) in [4.78, 5) is 2.51. The molecule has 0 spiro atoms. The second kappa shape index (κ2) is 4.91. The number of alkyl halides is 2. The fourth-order valence-corrected chi connectivity index (χ4v) is 3.67. The van der Waals surface area contributed by atoms with Crippen molar-refractivity contribution in [2.75, 3.05) is 20.1 Å². The molecule has 1 aliphatic heterocycles. The Morgan fingerprint density at radius 2 is 1.94 bits per heavy atom. The predicted octanol–water partition coefficient (Wildman–Crippen LogP) is 2.34. The molecule has 16 heavy (non-hydrogen) atoms. The summed E-state index contributed by atoms with van der Waals surface area (Å²) in [6, 6.07) is 0. The molecule has 1 heterocycles. The molecule has 1 unspecified atom stereocenters. The van der Waals surface area contributed by atoms with Crippen molar-refractivity contribution in [1.82, 2.24) is 4.90 Å². The van der Waals surface area contributed by atoms with Crippen molar-refractivity contribution >= 4 is 15.9 Å². The highest BCUT2D eigenvalue weighted by molar-refractivity contribution is 9.09. The zero-order valence-electron chi connectivity index (χ0n) is 9.83. The minimum atomic E-state index is -0.841. The van der Waals surface area contributed by atoms with E-state index in [2.05, 4.69) is 27.9 Å². The lowest BCUT2D eigenvalue weighted by molar-refractivity contribution is -0.0969. The van der Waals surface area contributed by atoms with Crippen LogP contribution in [0.3, 0.4) is 0 Å². The monoisotopic (exact) mass is 293 g/mol. The van der Waals surface area contributed by atoms with Crippen LogP contribution in [-0.4, -0.2) is 46.7 Å². The summed E-state index contributed by atoms with van der Waals surface area (Å²) in [5, 5.41) is 10.6. The second-order valence-corrected chi connectivity index (χ2v) is 6.73. The number of piperidine rings is 1. The quantitative estimate of drug-likeness (QED) is 0.750. The number of rotatable bonds is 1. The van der Waals surface area contributed by atoms with Gasteiger partial charge in [-0.05, 0) is 39.2 Å². The summed E-state index contributed by atoms with van der Waals surface area (Å²) in [6.45, 7) is 1.77. The lowest BCUT2D eigenvalue weighted by Gasteiger charge is -2.45. The molecule has 0 aromatic heterocycles. The Hall–Kier alpha value is 0.330. The molecule has 2 nitrogen and oxygen atoms in total. The Morgan fingerprint density at radius 3 is 2.50 bits per heavy atom. The summed E-state index contributed by atoms with van der Waals surface area (Å²) in [5.74, 6) is -0.144. The molecule has 2 rings (SSSR count). The third-order valence-electron chi connectivity index (χ3n) is 4.25. The van der Waals surface area contributed by atoms with Crippen LogP contribution in [0.5, 0.6) is 0 Å². The van der Waals surface area contributed by atoms with Crippen LogP contribution >= 0.6 is 15.9 Å². The topological polar surface area (TPSA) is 23.5 Å². The standard InChI is InChI=1S/C12H21BrFNO/c1-15-6-4-12(16,5-7-15)10-3-2-9(13)8-11(10)14/h9-11,16H,2-8H2,1H3/t9-,10?,11-/m1/s1. The zero-order valence-corrected chi connectivity index (χ0v) is 11.4. The average molecular weight is 294 g/mol. The Morgan fingerprint density at radius 1 is 1.31 bits per heavy atom. The van der Waals surface area contributed by atoms with Gasteiger partial charge in [0.1, 0.15) is 6.17 Å². The molecular formula is C12H21BrFNO. The van der Waals surface area contributed by atoms with E-state index >= 15 is 0 Å². The van der Waals surface area contributed by atoms with Gasteiger partial charge in [0.05, 0.1) is 5.60 Å². The maximum Gasteiger partial charge on any atom is 0.107 e. The molecule has 1 aliphatic carbocycles. The third-order valence-corrected chi connectivity index (χ3v) is 5.08. The van der Waals surface area contributed by atoms with Gasteiger partial charge < -0.3 is 10.0 Å². The van der Waals surface area contributed by atoms with E-state index in [9.17, 15) is 9.50 Å². The number of likely N-dealkylation sites (tertiary alicyclic amines) is 1. The van der Waals surface area contributed by atoms with E-state index in [0.29, 0.717) is 11.2 Å². The fraction of sp³-hybridized carbons (Fsp3) is 1.00. The van der Waals surface area contributed by atoms with Gasteiger partial charge in [-0.2, -0.15) is 0 Å². The smallest absolute Gasteiger partial charge is 0.107 e. The van der Waals surface area contributed by atoms with Crippen molar-refractivity contribution in [2.45, 2.75) is 48.7 Å². The zero-order chi connectivity index (χ0) is 11.8. The molecule has 0 aromatic carbocycles. The molecule has 0 aromatic rings. The highest BCUT2D eigenvalue weighted by Crippen LogP contribution is 2.41. The first-order valence-electron chi connectivity index (χ1n) is 6.20. The van der Waals surface area contributed by atoms with Gasteiger partial charge in [0, 0.05) is 23.8 Å². The number of hydrogen-bond donors (Lipinski definition) is 1. The Bertz CT molecular complexity index is 243. The van der Waals surface area contributed by atoms with E-state index in [4.69, 9.17) is 0 Å². The number of halogens is 2. The van der Waals surface area contributed by atoms with Gasteiger partial charge in [0.25, 0.3) is 0 Å². The van der Waals surface area contributed by atoms with Crippen molar-refractivity contribution in [3.63, 3.8) is 0 Å². The minimum absolute atomic E-state index is 0.144. The van der Waals surface area contributed by atoms with Gasteiger partial charge in [-0.15, -0.1) is 0 Å². The van der Waals surface area contributed by atoms with Crippen LogP contribution in [0, 0.1) is 5.92 Å². The van der Waals surface area contributed by atoms with Crippen molar-refractivity contribution in [1.29, 1.82) is 0 Å². The van der Waals surface area contributed by atoms with Crippen LogP contribution in [-0.2, 0) is 0 Å². The van der Waals surface area contributed by atoms with Crippen LogP contribution < -0.4 is 0 Å². The molecule has 1 saturated heterocycles. The summed E-state index contributed by atoms with van der Waals surface area (Å²) in [7, 11) is 2.06. The number of hydrogen-bond acceptors (Lipinski definition) is 2. The van der Waals surface area contributed by atoms with Gasteiger partial charge >= 0.3 is 0 Å². The van der Waals surface area contributed by atoms with Crippen molar-refractivity contribution in [3.05, 3.63) is 0 Å². The molecule has 4 heteroatoms. The molecule has 1 N–H and O–H groups in total. The summed E-state index contributed by atoms with van der Waals surface area (Å²) in [5.41, 5.74) is -0.751. The number of nitrogens with zero attached hydrogens (tertiary/aromatic N) is 1. The molecule has 0 bridgehead atoms. The van der Waals surface area contributed by atoms with Crippen LogP contribution in [0.15, 0.2) is 0 Å². The van der Waals surface area contributed by atoms with Gasteiger partial charge in [0.15, 0.2) is 0 Å². The van der Waals surface area contributed by atoms with E-state index in [0.717, 1.165) is 38.8 Å². The average Bonchev–Trinajstić information content (AvgIpc) is 2.22. The highest BCUT2D eigenvalue weighted by atomic mass is 79.9. The summed E-state index contributed by atoms with van der Waals surface area (Å²) >= 11 is 3.48. The van der Waals surface area contributed by atoms with Crippen LogP contribution in [0.4, 0.5) is 4.39 Å². The summed E-state index contributed by atoms with van der Waals surface area (Å²) < 4.78 is 14.0. The van der Waals surface area contributed by atoms with Gasteiger partial charge in [-0.3, -0.25) is 0 Å². The van der Waals surface area contributed by atoms with E-state index in [1.165, 1.54) is 0 Å². The summed E-state index contributed by atoms with van der Waals surface area (Å²) in [6.07, 6.45) is 2.97. The molecular weight excluding hydrogens is 273 g/mol. The van der Waals surface area contributed by atoms with Crippen LogP contribution in [0.2, 0.25) is 0 Å². The maximum atomic E-state index is 14.0. The van der Waals surface area contributed by atoms with Crippen LogP contribution in [0.1, 0.15) is 32.1 Å². The predicted molar refractivity (Wildman–Crippen MR) is 66.6 cm³/mol. The second-order valence-electron chi connectivity index (χ2n) is 5.44. The highest BCUT2D eigenvalue weighted by Gasteiger charge is 2.45. The molecule has 94 valence electrons. The van der Waals surface area contributed by atoms with E-state index < -0.39 is 11.8 Å². The lowest BCUT2D eigenvalue weighted by atomic mass is 9.71. The van der Waals surface area contributed by atoms with E-state index in [1.807, 2.05) is 0 Å². The number of aliphatic hydroxyl groups is 1. The largest absolute Gasteiger partial charge is 0.389 e. The molecule has 1 saturated carbocycles. The molecule has 2 aliphatic rings. The Kier molecular flexibility index (Phi) is 3.92. The first kappa shape index (κ1) is 12.8. The Balaban J connectivity index is 2.00. The van der Waals surface area contributed by atoms with Gasteiger partial charge in [0.2, 0.25) is 0 Å². The van der Waals surface area contributed by atoms with E-state index in [-0.39, 0.29) is 5.92 Å². The maximum absolute atomic E-state index is 14.0. The van der Waals surface area contributed by atoms with Gasteiger partial charge in [-0.25, -0.2) is 4.39 Å². The minimum Gasteiger partial charge on any atom is -0.389 e. The SMILES string of the molecule is CN1CCC(O)(C2CC[C@@H](Br)C[C@H]2F)CC1. The van der Waals surface area contributed by atoms with Crippen molar-refractivity contribution in [2.24, 2.45) is 5.92 Å². The third kappa shape index (κ3) is 2.59. The molecule has 0 amide bonds. The van der Waals surface area contributed by atoms with E-state index in [1.54, 1.807) is 0 Å². The van der Waals surface area contributed by atoms with Crippen molar-refractivity contribution in [3.8, 4) is 0 Å². The fourth-order valence-electron chi connectivity index (χ4n) is 3.05. The molecule has 0 radical (unpaired) electrons. The first-order valence-corrected chi connectivity index (χ1v) is 7.12. The molecule has 2 fully saturated rings. The first-order chi connectivity index (χ1) is 7.51. The molecule has 3 atom stereocenters. The van der Waals surface area contributed by atoms with Gasteiger partial charge in [-0.1, -0.05) is 15.9 Å². The lowest BCUT2D eigenvalue weighted by Crippen LogP contribution is -2.52. The van der Waals surface area contributed by atoms with Crippen molar-refractivity contribution < 1.29 is 9.50 Å². The normalized spacial score (nSPS) is 40.9. The van der Waals surface area contributed by atoms with Crippen LogP contribution in [0.25, 0.3) is 0 Å². The Labute approximate surface area is 105 Å².